The highest BCUT2D eigenvalue weighted by atomic mass is 16.5. The molecule has 0 aliphatic carbocycles. The number of benzene rings is 1. The summed E-state index contributed by atoms with van der Waals surface area (Å²) in [6.45, 7) is 7.46. The minimum Gasteiger partial charge on any atom is -0.338 e. The summed E-state index contributed by atoms with van der Waals surface area (Å²) < 4.78 is 0. The molecule has 1 atom stereocenters. The van der Waals surface area contributed by atoms with Crippen molar-refractivity contribution in [2.75, 3.05) is 0 Å². The summed E-state index contributed by atoms with van der Waals surface area (Å²) in [5.41, 5.74) is 7.44. The normalized spacial score (nSPS) is 11.5. The lowest BCUT2D eigenvalue weighted by Gasteiger charge is -2.29. The van der Waals surface area contributed by atoms with E-state index in [1.54, 1.807) is 38.1 Å². The number of rotatable bonds is 6. The van der Waals surface area contributed by atoms with E-state index in [2.05, 4.69) is 42.8 Å². The van der Waals surface area contributed by atoms with Crippen LogP contribution in [0.2, 0.25) is 0 Å². The lowest BCUT2D eigenvalue weighted by atomic mass is 9.95. The third-order valence-corrected chi connectivity index (χ3v) is 3.74. The van der Waals surface area contributed by atoms with Gasteiger partial charge in [0.1, 0.15) is 6.04 Å². The van der Waals surface area contributed by atoms with Gasteiger partial charge in [-0.15, -0.1) is 0 Å². The van der Waals surface area contributed by atoms with Crippen LogP contribution in [-0.2, 0) is 4.79 Å². The maximum atomic E-state index is 12.3. The molecule has 0 aliphatic rings. The first-order chi connectivity index (χ1) is 12.6. The van der Waals surface area contributed by atoms with Crippen LogP contribution in [0.25, 0.3) is 0 Å². The first-order valence-corrected chi connectivity index (χ1v) is 8.77. The van der Waals surface area contributed by atoms with Gasteiger partial charge in [-0.25, -0.2) is 5.48 Å². The van der Waals surface area contributed by atoms with Crippen molar-refractivity contribution in [3.05, 3.63) is 35.4 Å². The first-order valence-electron chi connectivity index (χ1n) is 8.77. The van der Waals surface area contributed by atoms with Crippen LogP contribution >= 0.6 is 0 Å². The molecule has 27 heavy (non-hydrogen) atoms. The van der Waals surface area contributed by atoms with Gasteiger partial charge in [0, 0.05) is 23.1 Å². The smallest absolute Gasteiger partial charge is 0.267 e. The standard InChI is InChI=1S/C21H27N3O3/c1-15(2)9-7-5-6-8-10-16-11-13-17(14-12-16)19(25)23-18(20(26)24-27)21(3,4)22/h11-15,18,27H,7,9,22H2,1-4H3,(H,23,25)(H,24,26)/t18-/m1/s1. The first kappa shape index (κ1) is 22.2. The van der Waals surface area contributed by atoms with Crippen molar-refractivity contribution in [1.29, 1.82) is 0 Å². The third-order valence-electron chi connectivity index (χ3n) is 3.74. The third kappa shape index (κ3) is 7.96. The van der Waals surface area contributed by atoms with Crippen LogP contribution in [-0.4, -0.2) is 28.6 Å². The topological polar surface area (TPSA) is 104 Å². The van der Waals surface area contributed by atoms with Gasteiger partial charge in [-0.3, -0.25) is 14.8 Å². The van der Waals surface area contributed by atoms with Gasteiger partial charge in [-0.05, 0) is 62.3 Å². The van der Waals surface area contributed by atoms with Crippen molar-refractivity contribution >= 4 is 11.8 Å². The zero-order valence-electron chi connectivity index (χ0n) is 16.2. The molecule has 6 nitrogen and oxygen atoms in total. The Bertz CT molecular complexity index is 769. The Hall–Kier alpha value is -2.80. The minimum atomic E-state index is -1.09. The average molecular weight is 369 g/mol. The lowest BCUT2D eigenvalue weighted by molar-refractivity contribution is -0.132. The Kier molecular flexibility index (Phi) is 8.55. The monoisotopic (exact) mass is 369 g/mol. The zero-order chi connectivity index (χ0) is 20.4. The summed E-state index contributed by atoms with van der Waals surface area (Å²) in [6.07, 6.45) is 1.87. The van der Waals surface area contributed by atoms with Crippen molar-refractivity contribution in [2.45, 2.75) is 52.1 Å². The maximum Gasteiger partial charge on any atom is 0.267 e. The van der Waals surface area contributed by atoms with Crippen LogP contribution in [0.4, 0.5) is 0 Å². The second kappa shape index (κ2) is 10.4. The molecular weight excluding hydrogens is 342 g/mol. The van der Waals surface area contributed by atoms with Crippen molar-refractivity contribution in [3.63, 3.8) is 0 Å². The van der Waals surface area contributed by atoms with Gasteiger partial charge in [0.25, 0.3) is 11.8 Å². The average Bonchev–Trinajstić information content (AvgIpc) is 2.61. The second-order valence-corrected chi connectivity index (χ2v) is 7.27. The Balaban J connectivity index is 2.75. The van der Waals surface area contributed by atoms with E-state index in [4.69, 9.17) is 10.9 Å². The Labute approximate surface area is 160 Å². The van der Waals surface area contributed by atoms with Gasteiger partial charge >= 0.3 is 0 Å². The summed E-state index contributed by atoms with van der Waals surface area (Å²) in [4.78, 5) is 24.1. The Morgan fingerprint density at radius 2 is 1.81 bits per heavy atom. The van der Waals surface area contributed by atoms with Crippen molar-refractivity contribution in [1.82, 2.24) is 10.8 Å². The second-order valence-electron chi connectivity index (χ2n) is 7.27. The highest BCUT2D eigenvalue weighted by Crippen LogP contribution is 2.09. The molecule has 0 bridgehead atoms. The van der Waals surface area contributed by atoms with Crippen LogP contribution in [0.15, 0.2) is 24.3 Å². The van der Waals surface area contributed by atoms with E-state index in [1.165, 1.54) is 5.48 Å². The molecule has 5 N–H and O–H groups in total. The van der Waals surface area contributed by atoms with E-state index in [1.807, 2.05) is 0 Å². The molecule has 144 valence electrons. The summed E-state index contributed by atoms with van der Waals surface area (Å²) in [5.74, 6) is 10.9. The molecule has 2 amide bonds. The minimum absolute atomic E-state index is 0.351. The molecule has 0 unspecified atom stereocenters. The summed E-state index contributed by atoms with van der Waals surface area (Å²) in [5, 5.41) is 11.3. The van der Waals surface area contributed by atoms with E-state index < -0.39 is 23.4 Å². The molecule has 6 heteroatoms. The van der Waals surface area contributed by atoms with Gasteiger partial charge in [0.2, 0.25) is 0 Å². The Morgan fingerprint density at radius 3 is 2.33 bits per heavy atom. The van der Waals surface area contributed by atoms with Crippen molar-refractivity contribution in [2.24, 2.45) is 11.7 Å². The molecule has 1 aromatic rings. The van der Waals surface area contributed by atoms with E-state index in [9.17, 15) is 9.59 Å². The predicted molar refractivity (Wildman–Crippen MR) is 105 cm³/mol. The number of nitrogens with one attached hydrogen (secondary N) is 2. The van der Waals surface area contributed by atoms with Gasteiger partial charge in [0.05, 0.1) is 0 Å². The molecule has 0 aromatic heterocycles. The van der Waals surface area contributed by atoms with Crippen LogP contribution < -0.4 is 16.5 Å². The molecule has 0 heterocycles. The number of amides is 2. The molecule has 0 saturated heterocycles. The zero-order valence-corrected chi connectivity index (χ0v) is 16.2. The molecule has 0 radical (unpaired) electrons. The number of hydrogen-bond donors (Lipinski definition) is 4. The highest BCUT2D eigenvalue weighted by Gasteiger charge is 2.33. The maximum absolute atomic E-state index is 12.3. The molecule has 0 fully saturated rings. The molecule has 1 aromatic carbocycles. The molecule has 1 rings (SSSR count). The van der Waals surface area contributed by atoms with Crippen LogP contribution in [0.5, 0.6) is 0 Å². The molecule has 0 aliphatic heterocycles. The number of hydroxylamine groups is 1. The number of hydrogen-bond acceptors (Lipinski definition) is 4. The quantitative estimate of drug-likeness (QED) is 0.349. The lowest BCUT2D eigenvalue weighted by Crippen LogP contribution is -2.61. The summed E-state index contributed by atoms with van der Waals surface area (Å²) >= 11 is 0. The van der Waals surface area contributed by atoms with Crippen molar-refractivity contribution < 1.29 is 14.8 Å². The van der Waals surface area contributed by atoms with Gasteiger partial charge < -0.3 is 11.1 Å². The fourth-order valence-electron chi connectivity index (χ4n) is 2.14. The summed E-state index contributed by atoms with van der Waals surface area (Å²) in [7, 11) is 0. The van der Waals surface area contributed by atoms with Gasteiger partial charge in [0.15, 0.2) is 0 Å². The molecule has 0 saturated carbocycles. The van der Waals surface area contributed by atoms with E-state index in [-0.39, 0.29) is 0 Å². The van der Waals surface area contributed by atoms with Crippen LogP contribution in [0, 0.1) is 29.6 Å². The fraction of sp³-hybridized carbons (Fsp3) is 0.429. The molecule has 0 spiro atoms. The molecular formula is C21H27N3O3. The number of carbonyl (C=O) groups is 2. The van der Waals surface area contributed by atoms with Crippen molar-refractivity contribution in [3.8, 4) is 23.7 Å². The SMILES string of the molecule is CC(C)CCC#CC#Cc1ccc(C(=O)N[C@H](C(=O)NO)C(C)(C)N)cc1. The summed E-state index contributed by atoms with van der Waals surface area (Å²) in [6, 6.07) is 5.51. The van der Waals surface area contributed by atoms with Crippen LogP contribution in [0.3, 0.4) is 0 Å². The van der Waals surface area contributed by atoms with E-state index in [0.717, 1.165) is 18.4 Å². The fourth-order valence-corrected chi connectivity index (χ4v) is 2.14. The predicted octanol–water partition coefficient (Wildman–Crippen LogP) is 1.82. The largest absolute Gasteiger partial charge is 0.338 e. The highest BCUT2D eigenvalue weighted by molar-refractivity contribution is 5.97. The number of nitrogens with two attached hydrogens (primary N) is 1. The van der Waals surface area contributed by atoms with E-state index in [0.29, 0.717) is 11.5 Å². The van der Waals surface area contributed by atoms with E-state index >= 15 is 0 Å². The van der Waals surface area contributed by atoms with Crippen LogP contribution in [0.1, 0.15) is 56.5 Å². The van der Waals surface area contributed by atoms with Gasteiger partial charge in [-0.2, -0.15) is 0 Å². The Morgan fingerprint density at radius 1 is 1.19 bits per heavy atom. The van der Waals surface area contributed by atoms with Gasteiger partial charge in [-0.1, -0.05) is 25.7 Å². The number of carbonyl (C=O) groups excluding carboxylic acids is 2.